The van der Waals surface area contributed by atoms with Gasteiger partial charge in [-0.15, -0.1) is 0 Å². The van der Waals surface area contributed by atoms with Crippen LogP contribution in [0.1, 0.15) is 11.1 Å². The molecule has 0 aromatic heterocycles. The quantitative estimate of drug-likeness (QED) is 0.768. The second kappa shape index (κ2) is 9.15. The fraction of sp³-hybridized carbons (Fsp3) is 0.176. The zero-order valence-corrected chi connectivity index (χ0v) is 14.2. The van der Waals surface area contributed by atoms with E-state index in [0.717, 1.165) is 5.56 Å². The van der Waals surface area contributed by atoms with Crippen LogP contribution in [0.2, 0.25) is 10.0 Å². The molecule has 24 heavy (non-hydrogen) atoms. The van der Waals surface area contributed by atoms with E-state index in [1.54, 1.807) is 18.2 Å². The number of hydrogen-bond acceptors (Lipinski definition) is 3. The van der Waals surface area contributed by atoms with Gasteiger partial charge in [0.25, 0.3) is 0 Å². The van der Waals surface area contributed by atoms with Crippen molar-refractivity contribution in [3.63, 3.8) is 0 Å². The van der Waals surface area contributed by atoms with E-state index in [0.29, 0.717) is 22.2 Å². The fourth-order valence-corrected chi connectivity index (χ4v) is 2.16. The largest absolute Gasteiger partial charge is 0.460 e. The van der Waals surface area contributed by atoms with Crippen LogP contribution in [0.3, 0.4) is 0 Å². The van der Waals surface area contributed by atoms with Gasteiger partial charge in [0, 0.05) is 6.54 Å². The maximum atomic E-state index is 11.6. The lowest BCUT2D eigenvalue weighted by Gasteiger charge is -2.08. The number of benzene rings is 2. The lowest BCUT2D eigenvalue weighted by Crippen LogP contribution is -2.38. The van der Waals surface area contributed by atoms with Crippen LogP contribution >= 0.6 is 23.2 Å². The minimum Gasteiger partial charge on any atom is -0.460 e. The van der Waals surface area contributed by atoms with Crippen molar-refractivity contribution >= 4 is 35.2 Å². The lowest BCUT2D eigenvalue weighted by molar-refractivity contribution is -0.143. The third kappa shape index (κ3) is 6.10. The van der Waals surface area contributed by atoms with E-state index >= 15 is 0 Å². The van der Waals surface area contributed by atoms with Gasteiger partial charge in [-0.3, -0.25) is 4.79 Å². The Labute approximate surface area is 149 Å². The lowest BCUT2D eigenvalue weighted by atomic mass is 10.2. The van der Waals surface area contributed by atoms with Crippen LogP contribution in [-0.2, 0) is 22.7 Å². The summed E-state index contributed by atoms with van der Waals surface area (Å²) in [4.78, 5) is 23.2. The summed E-state index contributed by atoms with van der Waals surface area (Å²) in [5.41, 5.74) is 1.68. The maximum absolute atomic E-state index is 11.6. The van der Waals surface area contributed by atoms with Crippen molar-refractivity contribution in [3.05, 3.63) is 69.7 Å². The van der Waals surface area contributed by atoms with Crippen LogP contribution < -0.4 is 10.6 Å². The normalized spacial score (nSPS) is 10.1. The maximum Gasteiger partial charge on any atom is 0.325 e. The van der Waals surface area contributed by atoms with Crippen LogP contribution in [-0.4, -0.2) is 18.5 Å². The molecule has 0 aliphatic carbocycles. The van der Waals surface area contributed by atoms with E-state index in [1.165, 1.54) is 0 Å². The molecule has 0 atom stereocenters. The highest BCUT2D eigenvalue weighted by Crippen LogP contribution is 2.22. The molecule has 0 saturated heterocycles. The molecule has 0 bridgehead atoms. The summed E-state index contributed by atoms with van der Waals surface area (Å²) in [5.74, 6) is -0.545. The van der Waals surface area contributed by atoms with Gasteiger partial charge in [0.1, 0.15) is 13.2 Å². The summed E-state index contributed by atoms with van der Waals surface area (Å²) in [5, 5.41) is 5.92. The summed E-state index contributed by atoms with van der Waals surface area (Å²) in [6.07, 6.45) is 0. The van der Waals surface area contributed by atoms with Crippen molar-refractivity contribution in [2.24, 2.45) is 0 Å². The van der Waals surface area contributed by atoms with Crippen molar-refractivity contribution in [3.8, 4) is 0 Å². The van der Waals surface area contributed by atoms with E-state index < -0.39 is 12.0 Å². The van der Waals surface area contributed by atoms with Crippen molar-refractivity contribution in [1.82, 2.24) is 10.6 Å². The molecule has 0 heterocycles. The fourth-order valence-electron chi connectivity index (χ4n) is 1.84. The van der Waals surface area contributed by atoms with Crippen LogP contribution in [0.4, 0.5) is 4.79 Å². The van der Waals surface area contributed by atoms with Gasteiger partial charge in [-0.05, 0) is 23.3 Å². The average molecular weight is 367 g/mol. The average Bonchev–Trinajstić information content (AvgIpc) is 2.60. The molecule has 0 aliphatic heterocycles. The highest BCUT2D eigenvalue weighted by Gasteiger charge is 2.07. The molecule has 2 aromatic carbocycles. The molecule has 2 amide bonds. The van der Waals surface area contributed by atoms with Crippen molar-refractivity contribution in [2.75, 3.05) is 6.54 Å². The summed E-state index contributed by atoms with van der Waals surface area (Å²) >= 11 is 11.7. The topological polar surface area (TPSA) is 67.4 Å². The van der Waals surface area contributed by atoms with Gasteiger partial charge in [-0.25, -0.2) is 4.79 Å². The first-order chi connectivity index (χ1) is 11.5. The second-order valence-corrected chi connectivity index (χ2v) is 5.75. The first-order valence-corrected chi connectivity index (χ1v) is 7.95. The van der Waals surface area contributed by atoms with Gasteiger partial charge in [0.15, 0.2) is 0 Å². The Morgan fingerprint density at radius 2 is 1.67 bits per heavy atom. The van der Waals surface area contributed by atoms with E-state index in [-0.39, 0.29) is 13.2 Å². The minimum atomic E-state index is -0.545. The van der Waals surface area contributed by atoms with Crippen LogP contribution in [0.25, 0.3) is 0 Å². The Kier molecular flexibility index (Phi) is 6.90. The summed E-state index contributed by atoms with van der Waals surface area (Å²) < 4.78 is 5.05. The summed E-state index contributed by atoms with van der Waals surface area (Å²) in [6, 6.07) is 14.0. The Hall–Kier alpha value is -2.24. The highest BCUT2D eigenvalue weighted by atomic mass is 35.5. The number of carbonyl (C=O) groups is 2. The predicted octanol–water partition coefficient (Wildman–Crippen LogP) is 3.54. The summed E-state index contributed by atoms with van der Waals surface area (Å²) in [7, 11) is 0. The minimum absolute atomic E-state index is 0.0586. The van der Waals surface area contributed by atoms with Crippen molar-refractivity contribution < 1.29 is 14.3 Å². The van der Waals surface area contributed by atoms with Crippen LogP contribution in [0.15, 0.2) is 48.5 Å². The Morgan fingerprint density at radius 1 is 0.917 bits per heavy atom. The molecule has 0 saturated carbocycles. The smallest absolute Gasteiger partial charge is 0.325 e. The summed E-state index contributed by atoms with van der Waals surface area (Å²) in [6.45, 7) is 0.218. The first kappa shape index (κ1) is 18.1. The molecule has 5 nitrogen and oxygen atoms in total. The van der Waals surface area contributed by atoms with E-state index in [4.69, 9.17) is 27.9 Å². The van der Waals surface area contributed by atoms with Crippen LogP contribution in [0.5, 0.6) is 0 Å². The predicted molar refractivity (Wildman–Crippen MR) is 92.9 cm³/mol. The monoisotopic (exact) mass is 366 g/mol. The Bertz CT molecular complexity index is 708. The Balaban J connectivity index is 1.67. The van der Waals surface area contributed by atoms with E-state index in [1.807, 2.05) is 30.3 Å². The number of rotatable bonds is 6. The zero-order valence-electron chi connectivity index (χ0n) is 12.7. The van der Waals surface area contributed by atoms with Crippen LogP contribution in [0, 0.1) is 0 Å². The number of esters is 1. The molecule has 0 fully saturated rings. The molecule has 2 N–H and O–H groups in total. The molecule has 0 aliphatic rings. The second-order valence-electron chi connectivity index (χ2n) is 4.93. The number of halogens is 2. The molecule has 2 aromatic rings. The standard InChI is InChI=1S/C17H16Cl2N2O3/c18-14-7-6-13(8-15(14)19)11-24-16(22)10-21-17(23)20-9-12-4-2-1-3-5-12/h1-8H,9-11H2,(H2,20,21,23). The Morgan fingerprint density at radius 3 is 2.38 bits per heavy atom. The molecule has 126 valence electrons. The molecular formula is C17H16Cl2N2O3. The SMILES string of the molecule is O=C(NCC(=O)OCc1ccc(Cl)c(Cl)c1)NCc1ccccc1. The third-order valence-corrected chi connectivity index (χ3v) is 3.81. The van der Waals surface area contributed by atoms with Gasteiger partial charge in [0.05, 0.1) is 10.0 Å². The molecule has 7 heteroatoms. The molecule has 0 spiro atoms. The van der Waals surface area contributed by atoms with E-state index in [2.05, 4.69) is 10.6 Å². The molecule has 0 unspecified atom stereocenters. The van der Waals surface area contributed by atoms with Gasteiger partial charge in [0.2, 0.25) is 0 Å². The number of nitrogens with one attached hydrogen (secondary N) is 2. The van der Waals surface area contributed by atoms with Gasteiger partial charge in [-0.2, -0.15) is 0 Å². The number of urea groups is 1. The molecular weight excluding hydrogens is 351 g/mol. The van der Waals surface area contributed by atoms with Crippen molar-refractivity contribution in [1.29, 1.82) is 0 Å². The third-order valence-electron chi connectivity index (χ3n) is 3.07. The molecule has 2 rings (SSSR count). The number of carbonyl (C=O) groups excluding carboxylic acids is 2. The molecule has 0 radical (unpaired) electrons. The van der Waals surface area contributed by atoms with E-state index in [9.17, 15) is 9.59 Å². The van der Waals surface area contributed by atoms with Gasteiger partial charge >= 0.3 is 12.0 Å². The number of hydrogen-bond donors (Lipinski definition) is 2. The van der Waals surface area contributed by atoms with Crippen molar-refractivity contribution in [2.45, 2.75) is 13.2 Å². The first-order valence-electron chi connectivity index (χ1n) is 7.20. The highest BCUT2D eigenvalue weighted by molar-refractivity contribution is 6.42. The zero-order chi connectivity index (χ0) is 17.4. The number of ether oxygens (including phenoxy) is 1. The van der Waals surface area contributed by atoms with Gasteiger partial charge < -0.3 is 15.4 Å². The van der Waals surface area contributed by atoms with Gasteiger partial charge in [-0.1, -0.05) is 59.6 Å². The number of amides is 2.